The van der Waals surface area contributed by atoms with Gasteiger partial charge in [-0.2, -0.15) is 0 Å². The summed E-state index contributed by atoms with van der Waals surface area (Å²) >= 11 is 0. The van der Waals surface area contributed by atoms with E-state index in [0.717, 1.165) is 25.6 Å². The average Bonchev–Trinajstić information content (AvgIpc) is 3.30. The first-order valence-electron chi connectivity index (χ1n) is 8.34. The van der Waals surface area contributed by atoms with E-state index >= 15 is 0 Å². The second-order valence-corrected chi connectivity index (χ2v) is 7.00. The van der Waals surface area contributed by atoms with Gasteiger partial charge in [-0.1, -0.05) is 25.5 Å². The lowest BCUT2D eigenvalue weighted by atomic mass is 9.88. The van der Waals surface area contributed by atoms with Crippen LogP contribution >= 0.6 is 0 Å². The van der Waals surface area contributed by atoms with E-state index in [2.05, 4.69) is 24.1 Å². The third-order valence-electron chi connectivity index (χ3n) is 5.29. The van der Waals surface area contributed by atoms with E-state index in [1.807, 2.05) is 12.1 Å². The summed E-state index contributed by atoms with van der Waals surface area (Å²) in [5, 5.41) is 3.76. The number of halogens is 1. The molecule has 1 saturated carbocycles. The summed E-state index contributed by atoms with van der Waals surface area (Å²) < 4.78 is 13.1. The minimum absolute atomic E-state index is 0.145. The SMILES string of the molecule is CCCC1CN(Cc2ccc(F)cc2)C(C)(C2CC2)CN1. The zero-order valence-corrected chi connectivity index (χ0v) is 13.2. The summed E-state index contributed by atoms with van der Waals surface area (Å²) in [7, 11) is 0. The van der Waals surface area contributed by atoms with Gasteiger partial charge >= 0.3 is 0 Å². The van der Waals surface area contributed by atoms with Gasteiger partial charge in [-0.05, 0) is 49.8 Å². The maximum absolute atomic E-state index is 13.1. The zero-order chi connectivity index (χ0) is 14.9. The van der Waals surface area contributed by atoms with Crippen molar-refractivity contribution in [2.24, 2.45) is 5.92 Å². The Labute approximate surface area is 127 Å². The molecule has 0 aromatic heterocycles. The van der Waals surface area contributed by atoms with Gasteiger partial charge in [0, 0.05) is 31.2 Å². The Morgan fingerprint density at radius 1 is 1.29 bits per heavy atom. The molecule has 0 spiro atoms. The molecule has 0 amide bonds. The van der Waals surface area contributed by atoms with E-state index in [-0.39, 0.29) is 11.4 Å². The summed E-state index contributed by atoms with van der Waals surface area (Å²) in [6.45, 7) is 7.79. The Bertz CT molecular complexity index is 469. The molecule has 2 nitrogen and oxygen atoms in total. The molecule has 1 aliphatic heterocycles. The van der Waals surface area contributed by atoms with Crippen molar-refractivity contribution in [3.05, 3.63) is 35.6 Å². The monoisotopic (exact) mass is 290 g/mol. The molecule has 1 aromatic carbocycles. The molecule has 2 fully saturated rings. The van der Waals surface area contributed by atoms with Gasteiger partial charge in [0.15, 0.2) is 0 Å². The van der Waals surface area contributed by atoms with Gasteiger partial charge in [0.1, 0.15) is 5.82 Å². The Kier molecular flexibility index (Phi) is 4.32. The first-order valence-corrected chi connectivity index (χ1v) is 8.34. The van der Waals surface area contributed by atoms with E-state index in [1.165, 1.54) is 31.2 Å². The van der Waals surface area contributed by atoms with E-state index in [1.54, 1.807) is 12.1 Å². The third-order valence-corrected chi connectivity index (χ3v) is 5.29. The molecule has 2 aliphatic rings. The molecule has 1 saturated heterocycles. The van der Waals surface area contributed by atoms with Crippen molar-refractivity contribution in [3.8, 4) is 0 Å². The smallest absolute Gasteiger partial charge is 0.123 e. The van der Waals surface area contributed by atoms with E-state index < -0.39 is 0 Å². The molecular formula is C18H27FN2. The molecule has 1 N–H and O–H groups in total. The highest BCUT2D eigenvalue weighted by atomic mass is 19.1. The highest BCUT2D eigenvalue weighted by Crippen LogP contribution is 2.44. The summed E-state index contributed by atoms with van der Waals surface area (Å²) in [6.07, 6.45) is 5.18. The van der Waals surface area contributed by atoms with Crippen molar-refractivity contribution in [2.75, 3.05) is 13.1 Å². The lowest BCUT2D eigenvalue weighted by Crippen LogP contribution is -2.63. The second kappa shape index (κ2) is 6.05. The maximum atomic E-state index is 13.1. The van der Waals surface area contributed by atoms with Crippen molar-refractivity contribution in [2.45, 2.75) is 57.7 Å². The normalized spacial score (nSPS) is 30.5. The molecule has 3 heteroatoms. The van der Waals surface area contributed by atoms with Crippen molar-refractivity contribution in [1.82, 2.24) is 10.2 Å². The molecule has 1 aromatic rings. The largest absolute Gasteiger partial charge is 0.311 e. The molecule has 2 atom stereocenters. The van der Waals surface area contributed by atoms with Gasteiger partial charge in [0.25, 0.3) is 0 Å². The minimum Gasteiger partial charge on any atom is -0.311 e. The lowest BCUT2D eigenvalue weighted by molar-refractivity contribution is 0.0260. The van der Waals surface area contributed by atoms with Crippen LogP contribution in [0.2, 0.25) is 0 Å². The Morgan fingerprint density at radius 2 is 2.00 bits per heavy atom. The molecule has 116 valence electrons. The van der Waals surface area contributed by atoms with Crippen molar-refractivity contribution in [1.29, 1.82) is 0 Å². The van der Waals surface area contributed by atoms with E-state index in [9.17, 15) is 4.39 Å². The highest BCUT2D eigenvalue weighted by Gasteiger charge is 2.47. The highest BCUT2D eigenvalue weighted by molar-refractivity contribution is 5.17. The van der Waals surface area contributed by atoms with Gasteiger partial charge in [-0.15, -0.1) is 0 Å². The van der Waals surface area contributed by atoms with Gasteiger partial charge in [0.05, 0.1) is 0 Å². The van der Waals surface area contributed by atoms with Gasteiger partial charge < -0.3 is 5.32 Å². The third kappa shape index (κ3) is 3.29. The second-order valence-electron chi connectivity index (χ2n) is 7.00. The molecule has 1 aliphatic carbocycles. The Hall–Kier alpha value is -0.930. The van der Waals surface area contributed by atoms with Crippen LogP contribution in [-0.2, 0) is 6.54 Å². The van der Waals surface area contributed by atoms with Crippen LogP contribution in [0.15, 0.2) is 24.3 Å². The van der Waals surface area contributed by atoms with Crippen molar-refractivity contribution >= 4 is 0 Å². The van der Waals surface area contributed by atoms with Crippen LogP contribution in [0.1, 0.15) is 45.1 Å². The van der Waals surface area contributed by atoms with Crippen LogP contribution in [0, 0.1) is 11.7 Å². The van der Waals surface area contributed by atoms with Gasteiger partial charge in [0.2, 0.25) is 0 Å². The fourth-order valence-electron chi connectivity index (χ4n) is 3.71. The maximum Gasteiger partial charge on any atom is 0.123 e. The first kappa shape index (κ1) is 15.0. The van der Waals surface area contributed by atoms with E-state index in [4.69, 9.17) is 0 Å². The molecule has 2 unspecified atom stereocenters. The summed E-state index contributed by atoms with van der Waals surface area (Å²) in [5.41, 5.74) is 1.49. The molecule has 1 heterocycles. The number of rotatable bonds is 5. The quantitative estimate of drug-likeness (QED) is 0.892. The number of nitrogens with zero attached hydrogens (tertiary/aromatic N) is 1. The van der Waals surface area contributed by atoms with Crippen molar-refractivity contribution < 1.29 is 4.39 Å². The number of piperazine rings is 1. The molecule has 21 heavy (non-hydrogen) atoms. The zero-order valence-electron chi connectivity index (χ0n) is 13.2. The predicted molar refractivity (Wildman–Crippen MR) is 84.6 cm³/mol. The molecule has 3 rings (SSSR count). The van der Waals surface area contributed by atoms with Crippen LogP contribution in [0.25, 0.3) is 0 Å². The van der Waals surface area contributed by atoms with Crippen LogP contribution in [0.4, 0.5) is 4.39 Å². The molecule has 0 radical (unpaired) electrons. The van der Waals surface area contributed by atoms with Crippen LogP contribution in [0.5, 0.6) is 0 Å². The van der Waals surface area contributed by atoms with E-state index in [0.29, 0.717) is 6.04 Å². The summed E-state index contributed by atoms with van der Waals surface area (Å²) in [4.78, 5) is 2.65. The average molecular weight is 290 g/mol. The number of hydrogen-bond donors (Lipinski definition) is 1. The fraction of sp³-hybridized carbons (Fsp3) is 0.667. The minimum atomic E-state index is -0.145. The van der Waals surface area contributed by atoms with Crippen LogP contribution in [0.3, 0.4) is 0 Å². The van der Waals surface area contributed by atoms with Crippen LogP contribution in [-0.4, -0.2) is 29.6 Å². The first-order chi connectivity index (χ1) is 10.1. The number of hydrogen-bond acceptors (Lipinski definition) is 2. The molecular weight excluding hydrogens is 263 g/mol. The van der Waals surface area contributed by atoms with Gasteiger partial charge in [-0.3, -0.25) is 4.90 Å². The predicted octanol–water partition coefficient (Wildman–Crippen LogP) is 3.57. The standard InChI is InChI=1S/C18H27FN2/c1-3-4-17-12-21(11-14-5-9-16(19)10-6-14)18(2,13-20-17)15-7-8-15/h5-6,9-10,15,17,20H,3-4,7-8,11-13H2,1-2H3. The number of benzene rings is 1. The Balaban J connectivity index is 1.74. The lowest BCUT2D eigenvalue weighted by Gasteiger charge is -2.49. The Morgan fingerprint density at radius 3 is 2.62 bits per heavy atom. The van der Waals surface area contributed by atoms with Gasteiger partial charge in [-0.25, -0.2) is 4.39 Å². The summed E-state index contributed by atoms with van der Waals surface area (Å²) in [6, 6.07) is 7.62. The van der Waals surface area contributed by atoms with Crippen molar-refractivity contribution in [3.63, 3.8) is 0 Å². The topological polar surface area (TPSA) is 15.3 Å². The molecule has 0 bridgehead atoms. The van der Waals surface area contributed by atoms with Crippen LogP contribution < -0.4 is 5.32 Å². The summed E-state index contributed by atoms with van der Waals surface area (Å²) in [5.74, 6) is 0.681. The number of nitrogens with one attached hydrogen (secondary N) is 1. The fourth-order valence-corrected chi connectivity index (χ4v) is 3.71.